The molecule has 0 bridgehead atoms. The van der Waals surface area contributed by atoms with Gasteiger partial charge >= 0.3 is 0 Å². The second kappa shape index (κ2) is 5.06. The van der Waals surface area contributed by atoms with Crippen LogP contribution in [0.3, 0.4) is 0 Å². The van der Waals surface area contributed by atoms with Crippen molar-refractivity contribution >= 4 is 0 Å². The Balaban J connectivity index is 1.83. The van der Waals surface area contributed by atoms with Crippen molar-refractivity contribution in [3.8, 4) is 22.4 Å². The number of hydrogen-bond donors (Lipinski definition) is 0. The van der Waals surface area contributed by atoms with Gasteiger partial charge in [-0.25, -0.2) is 0 Å². The normalized spacial score (nSPS) is 15.0. The molecule has 1 heterocycles. The highest BCUT2D eigenvalue weighted by atomic mass is 14.7. The molecule has 1 nitrogen and oxygen atoms in total. The minimum Gasteiger partial charge on any atom is -0.256 e. The predicted molar refractivity (Wildman–Crippen MR) is 94.6 cm³/mol. The lowest BCUT2D eigenvalue weighted by Gasteiger charge is -2.22. The monoisotopic (exact) mass is 297 g/mol. The summed E-state index contributed by atoms with van der Waals surface area (Å²) in [6.07, 6.45) is 8.03. The standard InChI is InChI=1S/C22H19N/c1-3-9-17-15(7-1)13-19(21-11-5-6-12-23-21)20-14-16-8-2-4-10-18(16)22(17)20/h2,4-6,8,10-13H,1,3,7,9,14H2. The first kappa shape index (κ1) is 13.1. The first-order valence-electron chi connectivity index (χ1n) is 8.59. The third-order valence-electron chi connectivity index (χ3n) is 5.35. The maximum atomic E-state index is 4.64. The molecule has 0 unspecified atom stereocenters. The number of aryl methyl sites for hydroxylation is 1. The number of nitrogens with zero attached hydrogens (tertiary/aromatic N) is 1. The van der Waals surface area contributed by atoms with Crippen LogP contribution in [0.2, 0.25) is 0 Å². The lowest BCUT2D eigenvalue weighted by atomic mass is 9.83. The summed E-state index contributed by atoms with van der Waals surface area (Å²) in [7, 11) is 0. The van der Waals surface area contributed by atoms with E-state index < -0.39 is 0 Å². The van der Waals surface area contributed by atoms with Crippen LogP contribution in [0.25, 0.3) is 22.4 Å². The van der Waals surface area contributed by atoms with Crippen LogP contribution < -0.4 is 0 Å². The van der Waals surface area contributed by atoms with E-state index in [-0.39, 0.29) is 0 Å². The van der Waals surface area contributed by atoms with Crippen LogP contribution in [0.15, 0.2) is 54.7 Å². The van der Waals surface area contributed by atoms with E-state index in [2.05, 4.69) is 47.4 Å². The third kappa shape index (κ3) is 1.96. The van der Waals surface area contributed by atoms with Gasteiger partial charge in [-0.2, -0.15) is 0 Å². The molecule has 1 heteroatoms. The summed E-state index contributed by atoms with van der Waals surface area (Å²) < 4.78 is 0. The average molecular weight is 297 g/mol. The molecule has 0 saturated heterocycles. The van der Waals surface area contributed by atoms with Gasteiger partial charge in [0.1, 0.15) is 0 Å². The summed E-state index contributed by atoms with van der Waals surface area (Å²) in [6.45, 7) is 0. The molecule has 0 fully saturated rings. The van der Waals surface area contributed by atoms with E-state index in [0.29, 0.717) is 0 Å². The van der Waals surface area contributed by atoms with Gasteiger partial charge in [0.15, 0.2) is 0 Å². The minimum absolute atomic E-state index is 1.05. The molecule has 2 aliphatic carbocycles. The summed E-state index contributed by atoms with van der Waals surface area (Å²) in [4.78, 5) is 4.64. The van der Waals surface area contributed by atoms with Crippen molar-refractivity contribution in [2.24, 2.45) is 0 Å². The van der Waals surface area contributed by atoms with Gasteiger partial charge in [0.2, 0.25) is 0 Å². The highest BCUT2D eigenvalue weighted by Crippen LogP contribution is 2.46. The molecule has 1 aromatic heterocycles. The molecule has 0 radical (unpaired) electrons. The van der Waals surface area contributed by atoms with Crippen LogP contribution in [-0.2, 0) is 19.3 Å². The Morgan fingerprint density at radius 2 is 1.61 bits per heavy atom. The Bertz CT molecular complexity index is 893. The number of rotatable bonds is 1. The highest BCUT2D eigenvalue weighted by molar-refractivity contribution is 5.87. The second-order valence-corrected chi connectivity index (χ2v) is 6.67. The molecule has 2 aromatic carbocycles. The van der Waals surface area contributed by atoms with Crippen LogP contribution in [0, 0.1) is 0 Å². The molecule has 0 aliphatic heterocycles. The van der Waals surface area contributed by atoms with Gasteiger partial charge in [-0.3, -0.25) is 4.98 Å². The highest BCUT2D eigenvalue weighted by Gasteiger charge is 2.27. The number of aromatic nitrogens is 1. The fourth-order valence-corrected chi connectivity index (χ4v) is 4.32. The first-order chi connectivity index (χ1) is 11.4. The zero-order valence-corrected chi connectivity index (χ0v) is 13.2. The zero-order valence-electron chi connectivity index (χ0n) is 13.2. The van der Waals surface area contributed by atoms with E-state index in [9.17, 15) is 0 Å². The smallest absolute Gasteiger partial charge is 0.0705 e. The van der Waals surface area contributed by atoms with E-state index >= 15 is 0 Å². The molecule has 5 rings (SSSR count). The van der Waals surface area contributed by atoms with Crippen molar-refractivity contribution in [2.45, 2.75) is 32.1 Å². The number of hydrogen-bond acceptors (Lipinski definition) is 1. The maximum Gasteiger partial charge on any atom is 0.0705 e. The Morgan fingerprint density at radius 1 is 0.739 bits per heavy atom. The van der Waals surface area contributed by atoms with Crippen LogP contribution in [-0.4, -0.2) is 4.98 Å². The van der Waals surface area contributed by atoms with Crippen molar-refractivity contribution < 1.29 is 0 Å². The van der Waals surface area contributed by atoms with Crippen LogP contribution >= 0.6 is 0 Å². The fourth-order valence-electron chi connectivity index (χ4n) is 4.32. The molecule has 3 aromatic rings. The van der Waals surface area contributed by atoms with Gasteiger partial charge < -0.3 is 0 Å². The van der Waals surface area contributed by atoms with E-state index in [1.807, 2.05) is 12.3 Å². The fraction of sp³-hybridized carbons (Fsp3) is 0.227. The molecule has 112 valence electrons. The van der Waals surface area contributed by atoms with E-state index in [1.165, 1.54) is 53.5 Å². The van der Waals surface area contributed by atoms with Gasteiger partial charge in [0.05, 0.1) is 5.69 Å². The zero-order chi connectivity index (χ0) is 15.2. The lowest BCUT2D eigenvalue weighted by molar-refractivity contribution is 0.686. The van der Waals surface area contributed by atoms with Crippen LogP contribution in [0.5, 0.6) is 0 Å². The van der Waals surface area contributed by atoms with Gasteiger partial charge in [0, 0.05) is 11.8 Å². The average Bonchev–Trinajstić information content (AvgIpc) is 3.01. The van der Waals surface area contributed by atoms with Crippen molar-refractivity contribution in [3.05, 3.63) is 77.0 Å². The van der Waals surface area contributed by atoms with Crippen molar-refractivity contribution in [2.75, 3.05) is 0 Å². The summed E-state index contributed by atoms with van der Waals surface area (Å²) in [6, 6.07) is 17.6. The SMILES string of the molecule is c1ccc(-c2cc3c(c4c2Cc2ccccc2-4)CCCC3)nc1. The van der Waals surface area contributed by atoms with Gasteiger partial charge in [-0.15, -0.1) is 0 Å². The van der Waals surface area contributed by atoms with Crippen molar-refractivity contribution in [3.63, 3.8) is 0 Å². The quantitative estimate of drug-likeness (QED) is 0.470. The number of benzene rings is 2. The molecular formula is C22H19N. The molecule has 0 saturated carbocycles. The largest absolute Gasteiger partial charge is 0.256 e. The summed E-state index contributed by atoms with van der Waals surface area (Å²) >= 11 is 0. The van der Waals surface area contributed by atoms with E-state index in [4.69, 9.17) is 0 Å². The second-order valence-electron chi connectivity index (χ2n) is 6.67. The van der Waals surface area contributed by atoms with Gasteiger partial charge in [-0.1, -0.05) is 30.3 Å². The van der Waals surface area contributed by atoms with Gasteiger partial charge in [-0.05, 0) is 83.7 Å². The molecule has 0 spiro atoms. The summed E-state index contributed by atoms with van der Waals surface area (Å²) in [5.74, 6) is 0. The topological polar surface area (TPSA) is 12.9 Å². The Kier molecular flexibility index (Phi) is 2.87. The Morgan fingerprint density at radius 3 is 2.52 bits per heavy atom. The number of fused-ring (bicyclic) bond motifs is 5. The third-order valence-corrected chi connectivity index (χ3v) is 5.35. The molecule has 0 atom stereocenters. The van der Waals surface area contributed by atoms with Crippen molar-refractivity contribution in [1.29, 1.82) is 0 Å². The Hall–Kier alpha value is -2.41. The van der Waals surface area contributed by atoms with Gasteiger partial charge in [0.25, 0.3) is 0 Å². The van der Waals surface area contributed by atoms with E-state index in [1.54, 1.807) is 11.1 Å². The number of pyridine rings is 1. The first-order valence-corrected chi connectivity index (χ1v) is 8.59. The van der Waals surface area contributed by atoms with Crippen LogP contribution in [0.4, 0.5) is 0 Å². The molecular weight excluding hydrogens is 278 g/mol. The van der Waals surface area contributed by atoms with E-state index in [0.717, 1.165) is 12.1 Å². The molecule has 23 heavy (non-hydrogen) atoms. The van der Waals surface area contributed by atoms with Crippen molar-refractivity contribution in [1.82, 2.24) is 4.98 Å². The molecule has 2 aliphatic rings. The summed E-state index contributed by atoms with van der Waals surface area (Å²) in [5, 5.41) is 0. The Labute approximate surface area is 137 Å². The molecule has 0 amide bonds. The minimum atomic E-state index is 1.05. The summed E-state index contributed by atoms with van der Waals surface area (Å²) in [5.41, 5.74) is 11.6. The van der Waals surface area contributed by atoms with Crippen LogP contribution in [0.1, 0.15) is 35.1 Å². The molecule has 0 N–H and O–H groups in total. The maximum absolute atomic E-state index is 4.64. The predicted octanol–water partition coefficient (Wildman–Crippen LogP) is 5.20. The lowest BCUT2D eigenvalue weighted by Crippen LogP contribution is -2.06.